The van der Waals surface area contributed by atoms with Crippen LogP contribution in [-0.2, 0) is 5.75 Å². The van der Waals surface area contributed by atoms with Crippen molar-refractivity contribution >= 4 is 46.2 Å². The highest BCUT2D eigenvalue weighted by Gasteiger charge is 2.12. The molecule has 106 valence electrons. The summed E-state index contributed by atoms with van der Waals surface area (Å²) in [6.45, 7) is 0. The van der Waals surface area contributed by atoms with Gasteiger partial charge in [0.1, 0.15) is 0 Å². The van der Waals surface area contributed by atoms with Gasteiger partial charge in [-0.1, -0.05) is 34.9 Å². The Morgan fingerprint density at radius 3 is 2.80 bits per heavy atom. The summed E-state index contributed by atoms with van der Waals surface area (Å²) < 4.78 is 1.72. The van der Waals surface area contributed by atoms with Gasteiger partial charge < -0.3 is 5.43 Å². The molecular formula is C10H11N5O2S3. The first-order chi connectivity index (χ1) is 9.63. The van der Waals surface area contributed by atoms with Crippen molar-refractivity contribution in [3.63, 3.8) is 0 Å². The van der Waals surface area contributed by atoms with Crippen LogP contribution in [0.25, 0.3) is 0 Å². The molecule has 0 spiro atoms. The molecule has 0 unspecified atom stereocenters. The van der Waals surface area contributed by atoms with Crippen LogP contribution in [0.4, 0.5) is 11.4 Å². The number of aromatic nitrogens is 2. The van der Waals surface area contributed by atoms with E-state index in [0.717, 1.165) is 14.2 Å². The molecule has 20 heavy (non-hydrogen) atoms. The molecule has 2 aromatic rings. The standard InChI is InChI=1S/C10H11N5O2S3/c1-18-9-13-14-10(20-9)19-5-6-4-7(15(16)17)2-3-8(6)12-11/h2-4,12H,5,11H2,1H3. The van der Waals surface area contributed by atoms with Gasteiger partial charge in [-0.3, -0.25) is 16.0 Å². The van der Waals surface area contributed by atoms with E-state index in [9.17, 15) is 10.1 Å². The number of nitrogens with two attached hydrogens (primary N) is 1. The average Bonchev–Trinajstić information content (AvgIpc) is 2.92. The third kappa shape index (κ3) is 3.60. The maximum atomic E-state index is 10.8. The molecule has 1 aromatic carbocycles. The zero-order valence-corrected chi connectivity index (χ0v) is 12.8. The molecule has 0 fully saturated rings. The van der Waals surface area contributed by atoms with Gasteiger partial charge in [-0.2, -0.15) is 0 Å². The van der Waals surface area contributed by atoms with Gasteiger partial charge in [0.25, 0.3) is 5.69 Å². The van der Waals surface area contributed by atoms with Crippen LogP contribution in [0.15, 0.2) is 26.9 Å². The molecule has 0 bridgehead atoms. The monoisotopic (exact) mass is 329 g/mol. The Morgan fingerprint density at radius 2 is 2.20 bits per heavy atom. The lowest BCUT2D eigenvalue weighted by atomic mass is 10.2. The molecule has 3 N–H and O–H groups in total. The number of nitro groups is 1. The normalized spacial score (nSPS) is 10.5. The van der Waals surface area contributed by atoms with Crippen LogP contribution in [0, 0.1) is 10.1 Å². The fraction of sp³-hybridized carbons (Fsp3) is 0.200. The minimum absolute atomic E-state index is 0.0432. The number of benzene rings is 1. The number of nitrogens with one attached hydrogen (secondary N) is 1. The predicted octanol–water partition coefficient (Wildman–Crippen LogP) is 2.75. The molecule has 0 atom stereocenters. The number of hydrazine groups is 1. The number of nitrogens with zero attached hydrogens (tertiary/aromatic N) is 3. The SMILES string of the molecule is CSc1nnc(SCc2cc([N+](=O)[O-])ccc2NN)s1. The van der Waals surface area contributed by atoms with Crippen LogP contribution in [-0.4, -0.2) is 21.4 Å². The van der Waals surface area contributed by atoms with Crippen LogP contribution in [0.1, 0.15) is 5.56 Å². The van der Waals surface area contributed by atoms with E-state index in [4.69, 9.17) is 5.84 Å². The third-order valence-corrected chi connectivity index (χ3v) is 5.45. The molecule has 0 aliphatic carbocycles. The van der Waals surface area contributed by atoms with E-state index in [1.54, 1.807) is 6.07 Å². The van der Waals surface area contributed by atoms with Crippen molar-refractivity contribution in [2.24, 2.45) is 5.84 Å². The Bertz CT molecular complexity index is 619. The molecule has 0 aliphatic heterocycles. The quantitative estimate of drug-likeness (QED) is 0.360. The first-order valence-electron chi connectivity index (χ1n) is 5.38. The number of hydrogen-bond donors (Lipinski definition) is 2. The third-order valence-electron chi connectivity index (χ3n) is 2.37. The van der Waals surface area contributed by atoms with Crippen LogP contribution in [0.5, 0.6) is 0 Å². The summed E-state index contributed by atoms with van der Waals surface area (Å²) in [5.74, 6) is 5.95. The first-order valence-corrected chi connectivity index (χ1v) is 8.41. The predicted molar refractivity (Wildman–Crippen MR) is 82.2 cm³/mol. The molecule has 1 heterocycles. The highest BCUT2D eigenvalue weighted by Crippen LogP contribution is 2.32. The molecule has 7 nitrogen and oxygen atoms in total. The molecule has 1 aromatic heterocycles. The van der Waals surface area contributed by atoms with Crippen LogP contribution >= 0.6 is 34.9 Å². The molecule has 0 saturated carbocycles. The number of nitrogen functional groups attached to an aromatic ring is 1. The van der Waals surface area contributed by atoms with Gasteiger partial charge >= 0.3 is 0 Å². The lowest BCUT2D eigenvalue weighted by Crippen LogP contribution is -2.09. The highest BCUT2D eigenvalue weighted by atomic mass is 32.2. The van der Waals surface area contributed by atoms with Gasteiger partial charge in [0.05, 0.1) is 10.6 Å². The van der Waals surface area contributed by atoms with E-state index in [2.05, 4.69) is 15.6 Å². The van der Waals surface area contributed by atoms with Crippen LogP contribution in [0.3, 0.4) is 0 Å². The molecule has 0 saturated heterocycles. The smallest absolute Gasteiger partial charge is 0.269 e. The summed E-state index contributed by atoms with van der Waals surface area (Å²) in [4.78, 5) is 10.4. The number of hydrogen-bond acceptors (Lipinski definition) is 9. The summed E-state index contributed by atoms with van der Waals surface area (Å²) in [5, 5.41) is 18.8. The van der Waals surface area contributed by atoms with Gasteiger partial charge in [-0.05, 0) is 17.9 Å². The molecule has 0 aliphatic rings. The Kier molecular flexibility index (Phi) is 5.17. The van der Waals surface area contributed by atoms with Crippen molar-refractivity contribution in [2.75, 3.05) is 11.7 Å². The summed E-state index contributed by atoms with van der Waals surface area (Å²) >= 11 is 4.50. The van der Waals surface area contributed by atoms with Gasteiger partial charge in [0, 0.05) is 17.9 Å². The summed E-state index contributed by atoms with van der Waals surface area (Å²) in [6, 6.07) is 4.53. The van der Waals surface area contributed by atoms with Crippen LogP contribution in [0.2, 0.25) is 0 Å². The van der Waals surface area contributed by atoms with Crippen molar-refractivity contribution in [1.82, 2.24) is 10.2 Å². The lowest BCUT2D eigenvalue weighted by Gasteiger charge is -2.07. The maximum Gasteiger partial charge on any atom is 0.269 e. The second kappa shape index (κ2) is 6.88. The second-order valence-corrected chi connectivity index (χ2v) is 6.82. The van der Waals surface area contributed by atoms with Crippen molar-refractivity contribution in [3.8, 4) is 0 Å². The molecule has 2 rings (SSSR count). The molecule has 0 radical (unpaired) electrons. The van der Waals surface area contributed by atoms with E-state index in [1.165, 1.54) is 47.0 Å². The van der Waals surface area contributed by atoms with Gasteiger partial charge in [0.2, 0.25) is 0 Å². The summed E-state index contributed by atoms with van der Waals surface area (Å²) in [6.07, 6.45) is 1.94. The number of rotatable bonds is 6. The Hall–Kier alpha value is -1.36. The van der Waals surface area contributed by atoms with E-state index in [1.807, 2.05) is 6.26 Å². The Morgan fingerprint density at radius 1 is 1.45 bits per heavy atom. The first kappa shape index (κ1) is 15.0. The summed E-state index contributed by atoms with van der Waals surface area (Å²) in [5.41, 5.74) is 4.01. The number of non-ortho nitro benzene ring substituents is 1. The van der Waals surface area contributed by atoms with Crippen LogP contribution < -0.4 is 11.3 Å². The van der Waals surface area contributed by atoms with Crippen molar-refractivity contribution in [2.45, 2.75) is 14.4 Å². The molecular weight excluding hydrogens is 318 g/mol. The highest BCUT2D eigenvalue weighted by molar-refractivity contribution is 8.02. The van der Waals surface area contributed by atoms with Crippen molar-refractivity contribution in [3.05, 3.63) is 33.9 Å². The number of thioether (sulfide) groups is 2. The summed E-state index contributed by atoms with van der Waals surface area (Å²) in [7, 11) is 0. The Labute approximate surface area is 127 Å². The van der Waals surface area contributed by atoms with Crippen molar-refractivity contribution < 1.29 is 4.92 Å². The number of anilines is 1. The Balaban J connectivity index is 2.14. The maximum absolute atomic E-state index is 10.8. The minimum atomic E-state index is -0.425. The fourth-order valence-corrected chi connectivity index (χ4v) is 3.86. The topological polar surface area (TPSA) is 107 Å². The van der Waals surface area contributed by atoms with E-state index in [-0.39, 0.29) is 5.69 Å². The fourth-order valence-electron chi connectivity index (χ4n) is 1.43. The molecule has 10 heteroatoms. The molecule has 0 amide bonds. The van der Waals surface area contributed by atoms with Gasteiger partial charge in [0.15, 0.2) is 8.68 Å². The van der Waals surface area contributed by atoms with E-state index >= 15 is 0 Å². The minimum Gasteiger partial charge on any atom is -0.324 e. The lowest BCUT2D eigenvalue weighted by molar-refractivity contribution is -0.384. The average molecular weight is 329 g/mol. The largest absolute Gasteiger partial charge is 0.324 e. The zero-order chi connectivity index (χ0) is 14.5. The number of nitro benzene ring substituents is 1. The van der Waals surface area contributed by atoms with Crippen molar-refractivity contribution in [1.29, 1.82) is 0 Å². The van der Waals surface area contributed by atoms with Gasteiger partial charge in [-0.25, -0.2) is 0 Å². The van der Waals surface area contributed by atoms with Gasteiger partial charge in [-0.15, -0.1) is 10.2 Å². The second-order valence-electron chi connectivity index (χ2n) is 3.57. The zero-order valence-electron chi connectivity index (χ0n) is 10.4. The van der Waals surface area contributed by atoms with E-state index < -0.39 is 4.92 Å². The van der Waals surface area contributed by atoms with E-state index in [0.29, 0.717) is 11.4 Å².